The maximum Gasteiger partial charge on any atom is 0.0553 e. The number of anilines is 2. The third-order valence-corrected chi connectivity index (χ3v) is 8.33. The fourth-order valence-electron chi connectivity index (χ4n) is 5.51. The number of nitrogens with zero attached hydrogens (tertiary/aromatic N) is 2. The van der Waals surface area contributed by atoms with Crippen LogP contribution in [0.15, 0.2) is 52.3 Å². The summed E-state index contributed by atoms with van der Waals surface area (Å²) in [5.41, 5.74) is 4.85. The Bertz CT molecular complexity index is 830. The fourth-order valence-corrected chi connectivity index (χ4v) is 6.70. The van der Waals surface area contributed by atoms with E-state index in [1.165, 1.54) is 91.3 Å². The zero-order valence-electron chi connectivity index (χ0n) is 17.1. The molecule has 0 radical (unpaired) electrons. The molecule has 2 fully saturated rings. The van der Waals surface area contributed by atoms with E-state index in [0.717, 1.165) is 12.0 Å². The highest BCUT2D eigenvalue weighted by molar-refractivity contribution is 7.99. The zero-order valence-corrected chi connectivity index (χ0v) is 17.9. The van der Waals surface area contributed by atoms with E-state index in [-0.39, 0.29) is 0 Å². The van der Waals surface area contributed by atoms with E-state index >= 15 is 0 Å². The van der Waals surface area contributed by atoms with Crippen LogP contribution < -0.4 is 4.90 Å². The van der Waals surface area contributed by atoms with E-state index in [4.69, 9.17) is 0 Å². The van der Waals surface area contributed by atoms with Crippen molar-refractivity contribution in [3.8, 4) is 0 Å². The number of hydrogen-bond donors (Lipinski definition) is 0. The van der Waals surface area contributed by atoms with Crippen molar-refractivity contribution >= 4 is 23.1 Å². The summed E-state index contributed by atoms with van der Waals surface area (Å²) in [5, 5.41) is 0. The molecule has 3 aliphatic rings. The van der Waals surface area contributed by atoms with Crippen molar-refractivity contribution in [1.29, 1.82) is 0 Å². The maximum absolute atomic E-state index is 2.73. The highest BCUT2D eigenvalue weighted by Crippen LogP contribution is 2.48. The van der Waals surface area contributed by atoms with Crippen LogP contribution in [0.3, 0.4) is 0 Å². The lowest BCUT2D eigenvalue weighted by molar-refractivity contribution is 0.108. The largest absolute Gasteiger partial charge is 0.340 e. The van der Waals surface area contributed by atoms with Gasteiger partial charge in [0.25, 0.3) is 0 Å². The van der Waals surface area contributed by atoms with E-state index in [0.29, 0.717) is 0 Å². The van der Waals surface area contributed by atoms with E-state index in [1.54, 1.807) is 0 Å². The summed E-state index contributed by atoms with van der Waals surface area (Å²) in [7, 11) is 0. The molecule has 0 aromatic heterocycles. The number of likely N-dealkylation sites (tertiary alicyclic amines) is 1. The lowest BCUT2D eigenvalue weighted by atomic mass is 9.77. The minimum absolute atomic E-state index is 0.732. The first-order valence-corrected chi connectivity index (χ1v) is 11.9. The summed E-state index contributed by atoms with van der Waals surface area (Å²) < 4.78 is 0. The average molecular weight is 393 g/mol. The second kappa shape index (κ2) is 7.76. The molecule has 3 heteroatoms. The van der Waals surface area contributed by atoms with Gasteiger partial charge in [-0.15, -0.1) is 0 Å². The van der Waals surface area contributed by atoms with E-state index in [2.05, 4.69) is 59.2 Å². The molecule has 0 amide bonds. The van der Waals surface area contributed by atoms with Crippen molar-refractivity contribution in [3.63, 3.8) is 0 Å². The van der Waals surface area contributed by atoms with Crippen molar-refractivity contribution in [2.75, 3.05) is 31.1 Å². The average Bonchev–Trinajstić information content (AvgIpc) is 3.17. The molecule has 1 saturated carbocycles. The normalized spacial score (nSPS) is 21.0. The number of piperidine rings is 1. The Kier molecular flexibility index (Phi) is 5.15. The summed E-state index contributed by atoms with van der Waals surface area (Å²) in [6.45, 7) is 7.18. The summed E-state index contributed by atoms with van der Waals surface area (Å²) >= 11 is 1.92. The number of rotatable bonds is 4. The predicted molar refractivity (Wildman–Crippen MR) is 120 cm³/mol. The number of benzene rings is 2. The van der Waals surface area contributed by atoms with Crippen LogP contribution >= 0.6 is 11.8 Å². The number of hydrogen-bond acceptors (Lipinski definition) is 3. The number of aryl methyl sites for hydroxylation is 1. The minimum Gasteiger partial charge on any atom is -0.340 e. The molecule has 0 unspecified atom stereocenters. The highest BCUT2D eigenvalue weighted by atomic mass is 32.2. The van der Waals surface area contributed by atoms with Crippen LogP contribution in [-0.2, 0) is 0 Å². The smallest absolute Gasteiger partial charge is 0.0553 e. The van der Waals surface area contributed by atoms with Gasteiger partial charge < -0.3 is 9.80 Å². The van der Waals surface area contributed by atoms with Gasteiger partial charge >= 0.3 is 0 Å². The van der Waals surface area contributed by atoms with Gasteiger partial charge in [0.15, 0.2) is 0 Å². The summed E-state index contributed by atoms with van der Waals surface area (Å²) in [4.78, 5) is 8.08. The van der Waals surface area contributed by atoms with Crippen LogP contribution in [0.2, 0.25) is 0 Å². The van der Waals surface area contributed by atoms with Crippen LogP contribution in [0.5, 0.6) is 0 Å². The molecule has 2 aromatic rings. The molecule has 5 rings (SSSR count). The van der Waals surface area contributed by atoms with Gasteiger partial charge in [-0.2, -0.15) is 0 Å². The molecule has 0 atom stereocenters. The molecule has 2 heterocycles. The van der Waals surface area contributed by atoms with Crippen molar-refractivity contribution in [3.05, 3.63) is 48.0 Å². The number of fused-ring (bicyclic) bond motifs is 2. The van der Waals surface area contributed by atoms with Gasteiger partial charge in [0.1, 0.15) is 0 Å². The second-order valence-electron chi connectivity index (χ2n) is 9.09. The molecule has 1 aliphatic carbocycles. The predicted octanol–water partition coefficient (Wildman–Crippen LogP) is 6.64. The fraction of sp³-hybridized carbons (Fsp3) is 0.520. The van der Waals surface area contributed by atoms with E-state index in [9.17, 15) is 0 Å². The van der Waals surface area contributed by atoms with Gasteiger partial charge in [-0.3, -0.25) is 0 Å². The third-order valence-electron chi connectivity index (χ3n) is 7.22. The van der Waals surface area contributed by atoms with Gasteiger partial charge in [-0.05, 0) is 93.9 Å². The Hall–Kier alpha value is -1.45. The van der Waals surface area contributed by atoms with Crippen molar-refractivity contribution < 1.29 is 0 Å². The van der Waals surface area contributed by atoms with Crippen LogP contribution in [0.1, 0.15) is 50.5 Å². The first-order chi connectivity index (χ1) is 13.7. The Labute approximate surface area is 174 Å². The molecular weight excluding hydrogens is 360 g/mol. The van der Waals surface area contributed by atoms with Crippen LogP contribution in [-0.4, -0.2) is 31.1 Å². The first kappa shape index (κ1) is 18.6. The molecule has 2 nitrogen and oxygen atoms in total. The second-order valence-corrected chi connectivity index (χ2v) is 10.2. The molecule has 2 aliphatic heterocycles. The van der Waals surface area contributed by atoms with Gasteiger partial charge in [-0.1, -0.05) is 42.8 Å². The maximum atomic E-state index is 2.73. The number of para-hydroxylation sites is 1. The summed E-state index contributed by atoms with van der Waals surface area (Å²) in [6, 6.07) is 15.8. The zero-order chi connectivity index (χ0) is 19.0. The minimum atomic E-state index is 0.732. The lowest BCUT2D eigenvalue weighted by Crippen LogP contribution is -2.40. The van der Waals surface area contributed by atoms with Gasteiger partial charge in [0, 0.05) is 16.3 Å². The van der Waals surface area contributed by atoms with Gasteiger partial charge in [-0.25, -0.2) is 0 Å². The van der Waals surface area contributed by atoms with E-state index < -0.39 is 0 Å². The molecule has 148 valence electrons. The molecule has 1 spiro atoms. The first-order valence-electron chi connectivity index (χ1n) is 11.1. The third kappa shape index (κ3) is 3.59. The Morgan fingerprint density at radius 1 is 0.857 bits per heavy atom. The Morgan fingerprint density at radius 2 is 1.61 bits per heavy atom. The van der Waals surface area contributed by atoms with Crippen LogP contribution in [0.4, 0.5) is 11.4 Å². The SMILES string of the molecule is Cc1ccc2c(c1)Sc1ccccc1N2CCCN1CCC2(CCCC2)CC1. The summed E-state index contributed by atoms with van der Waals surface area (Å²) in [5.74, 6) is 0. The molecule has 1 saturated heterocycles. The Balaban J connectivity index is 1.24. The molecule has 2 aromatic carbocycles. The van der Waals surface area contributed by atoms with Crippen molar-refractivity contribution in [2.45, 2.75) is 61.7 Å². The summed E-state index contributed by atoms with van der Waals surface area (Å²) in [6.07, 6.45) is 10.1. The standard InChI is InChI=1S/C25H32N2S/c1-20-9-10-22-24(19-20)28-23-8-3-2-7-21(23)27(22)16-6-15-26-17-13-25(14-18-26)11-4-5-12-25/h2-3,7-10,19H,4-6,11-18H2,1H3. The molecule has 0 N–H and O–H groups in total. The van der Waals surface area contributed by atoms with Crippen molar-refractivity contribution in [1.82, 2.24) is 4.90 Å². The lowest BCUT2D eigenvalue weighted by Gasteiger charge is -2.40. The molecular formula is C25H32N2S. The van der Waals surface area contributed by atoms with E-state index in [1.807, 2.05) is 11.8 Å². The van der Waals surface area contributed by atoms with Crippen molar-refractivity contribution in [2.24, 2.45) is 5.41 Å². The highest BCUT2D eigenvalue weighted by Gasteiger charge is 2.36. The monoisotopic (exact) mass is 392 g/mol. The quantitative estimate of drug-likeness (QED) is 0.575. The van der Waals surface area contributed by atoms with Gasteiger partial charge in [0.05, 0.1) is 11.4 Å². The Morgan fingerprint density at radius 3 is 2.43 bits per heavy atom. The molecule has 0 bridgehead atoms. The van der Waals surface area contributed by atoms with Crippen LogP contribution in [0.25, 0.3) is 0 Å². The van der Waals surface area contributed by atoms with Gasteiger partial charge in [0.2, 0.25) is 0 Å². The topological polar surface area (TPSA) is 6.48 Å². The molecule has 28 heavy (non-hydrogen) atoms. The van der Waals surface area contributed by atoms with Crippen LogP contribution in [0, 0.1) is 12.3 Å².